The van der Waals surface area contributed by atoms with Crippen LogP contribution in [0.3, 0.4) is 0 Å². The molecule has 1 aliphatic rings. The Balaban J connectivity index is 1.70. The van der Waals surface area contributed by atoms with E-state index >= 15 is 0 Å². The van der Waals surface area contributed by atoms with Crippen molar-refractivity contribution in [2.24, 2.45) is 15.0 Å². The molecule has 3 aromatic rings. The summed E-state index contributed by atoms with van der Waals surface area (Å²) in [6.07, 6.45) is 1.76. The number of ether oxygens (including phenoxy) is 1. The number of nitrogens with zero attached hydrogens (tertiary/aromatic N) is 3. The van der Waals surface area contributed by atoms with E-state index in [0.29, 0.717) is 11.0 Å². The van der Waals surface area contributed by atoms with E-state index in [9.17, 15) is 4.79 Å². The fourth-order valence-electron chi connectivity index (χ4n) is 2.91. The second-order valence-corrected chi connectivity index (χ2v) is 6.06. The molecule has 0 saturated carbocycles. The number of carbonyl (C=O) groups is 1. The number of methoxy groups -OCH3 is 1. The zero-order valence-electron chi connectivity index (χ0n) is 14.7. The van der Waals surface area contributed by atoms with E-state index < -0.39 is 6.04 Å². The van der Waals surface area contributed by atoms with Gasteiger partial charge in [0.05, 0.1) is 23.5 Å². The van der Waals surface area contributed by atoms with Crippen molar-refractivity contribution >= 4 is 17.8 Å². The predicted octanol–water partition coefficient (Wildman–Crippen LogP) is 2.97. The molecule has 0 spiro atoms. The Hall–Kier alpha value is -3.60. The molecule has 27 heavy (non-hydrogen) atoms. The van der Waals surface area contributed by atoms with Crippen LogP contribution in [0, 0.1) is 0 Å². The first kappa shape index (κ1) is 16.8. The van der Waals surface area contributed by atoms with E-state index in [1.165, 1.54) is 0 Å². The Morgan fingerprint density at radius 1 is 0.926 bits per heavy atom. The maximum Gasteiger partial charge on any atom is 0.275 e. The van der Waals surface area contributed by atoms with Gasteiger partial charge in [-0.3, -0.25) is 14.8 Å². The number of hydrogen-bond acceptors (Lipinski definition) is 4. The Labute approximate surface area is 156 Å². The lowest BCUT2D eigenvalue weighted by atomic mass is 10.0. The summed E-state index contributed by atoms with van der Waals surface area (Å²) in [5.41, 5.74) is 2.38. The molecule has 1 heterocycles. The van der Waals surface area contributed by atoms with Crippen molar-refractivity contribution in [2.75, 3.05) is 7.11 Å². The normalized spacial score (nSPS) is 15.7. The fourth-order valence-corrected chi connectivity index (χ4v) is 2.91. The van der Waals surface area contributed by atoms with Gasteiger partial charge >= 0.3 is 0 Å². The van der Waals surface area contributed by atoms with Crippen molar-refractivity contribution in [3.8, 4) is 5.75 Å². The van der Waals surface area contributed by atoms with Crippen molar-refractivity contribution in [2.45, 2.75) is 6.04 Å². The van der Waals surface area contributed by atoms with Crippen LogP contribution in [0.5, 0.6) is 5.75 Å². The zero-order chi connectivity index (χ0) is 18.6. The van der Waals surface area contributed by atoms with E-state index in [4.69, 9.17) is 4.74 Å². The van der Waals surface area contributed by atoms with Gasteiger partial charge in [0, 0.05) is 11.8 Å². The summed E-state index contributed by atoms with van der Waals surface area (Å²) < 4.78 is 5.17. The van der Waals surface area contributed by atoms with Crippen molar-refractivity contribution in [1.82, 2.24) is 0 Å². The summed E-state index contributed by atoms with van der Waals surface area (Å²) in [7, 11) is 1.63. The molecule has 5 heteroatoms. The molecule has 132 valence electrons. The summed E-state index contributed by atoms with van der Waals surface area (Å²) in [4.78, 5) is 25.9. The van der Waals surface area contributed by atoms with Crippen LogP contribution in [0.2, 0.25) is 0 Å². The van der Waals surface area contributed by atoms with Crippen LogP contribution in [0.15, 0.2) is 87.8 Å². The lowest BCUT2D eigenvalue weighted by molar-refractivity contribution is -0.119. The number of rotatable bonds is 4. The summed E-state index contributed by atoms with van der Waals surface area (Å²) in [6, 6.07) is 21.8. The average Bonchev–Trinajstić information content (AvgIpc) is 2.72. The van der Waals surface area contributed by atoms with Gasteiger partial charge in [-0.15, -0.1) is 0 Å². The van der Waals surface area contributed by atoms with Crippen molar-refractivity contribution < 1.29 is 9.53 Å². The first-order chi connectivity index (χ1) is 13.2. The molecule has 5 nitrogen and oxygen atoms in total. The lowest BCUT2D eigenvalue weighted by Crippen LogP contribution is -2.33. The van der Waals surface area contributed by atoms with Gasteiger partial charge in [0.2, 0.25) is 0 Å². The maximum atomic E-state index is 12.5. The molecule has 0 fully saturated rings. The third kappa shape index (κ3) is 3.53. The van der Waals surface area contributed by atoms with Crippen molar-refractivity contribution in [3.05, 3.63) is 94.6 Å². The molecule has 4 rings (SSSR count). The van der Waals surface area contributed by atoms with Crippen LogP contribution in [-0.4, -0.2) is 19.2 Å². The van der Waals surface area contributed by atoms with Gasteiger partial charge in [0.25, 0.3) is 5.91 Å². The van der Waals surface area contributed by atoms with E-state index in [1.54, 1.807) is 19.4 Å². The second kappa shape index (κ2) is 7.33. The van der Waals surface area contributed by atoms with Gasteiger partial charge in [-0.2, -0.15) is 0 Å². The number of fused-ring (bicyclic) bond motifs is 1. The van der Waals surface area contributed by atoms with Gasteiger partial charge in [-0.05, 0) is 48.0 Å². The third-order valence-corrected chi connectivity index (χ3v) is 4.31. The molecule has 0 N–H and O–H groups in total. The number of carbonyl (C=O) groups excluding carboxylic acids is 1. The van der Waals surface area contributed by atoms with Crippen LogP contribution in [-0.2, 0) is 4.79 Å². The fraction of sp³-hybridized carbons (Fsp3) is 0.0909. The highest BCUT2D eigenvalue weighted by Crippen LogP contribution is 2.29. The SMILES string of the molecule is COc1ccc(C=Nc2ccccc2C2N=c3ccccc3=NC2=O)cc1. The number of aliphatic imine (C=N–C) groups is 1. The highest BCUT2D eigenvalue weighted by Gasteiger charge is 2.23. The Morgan fingerprint density at radius 3 is 2.41 bits per heavy atom. The molecule has 1 amide bonds. The quantitative estimate of drug-likeness (QED) is 0.676. The Morgan fingerprint density at radius 2 is 1.63 bits per heavy atom. The molecule has 0 bridgehead atoms. The molecule has 0 radical (unpaired) electrons. The number of hydrogen-bond donors (Lipinski definition) is 0. The Kier molecular flexibility index (Phi) is 4.58. The highest BCUT2D eigenvalue weighted by atomic mass is 16.5. The minimum atomic E-state index is -0.677. The van der Waals surface area contributed by atoms with Gasteiger partial charge in [0.1, 0.15) is 5.75 Å². The monoisotopic (exact) mass is 355 g/mol. The molecule has 1 aliphatic heterocycles. The van der Waals surface area contributed by atoms with E-state index in [1.807, 2.05) is 66.7 Å². The largest absolute Gasteiger partial charge is 0.497 e. The summed E-state index contributed by atoms with van der Waals surface area (Å²) >= 11 is 0. The molecule has 0 aliphatic carbocycles. The standard InChI is InChI=1S/C22H17N3O2/c1-27-16-12-10-15(11-13-16)14-23-18-7-3-2-6-17(18)21-22(26)25-20-9-5-4-8-19(20)24-21/h2-14,21H,1H3. The summed E-state index contributed by atoms with van der Waals surface area (Å²) in [5.74, 6) is 0.514. The minimum absolute atomic E-state index is 0.277. The van der Waals surface area contributed by atoms with E-state index in [-0.39, 0.29) is 5.91 Å². The molecular formula is C22H17N3O2. The van der Waals surface area contributed by atoms with Gasteiger partial charge in [-0.1, -0.05) is 30.3 Å². The number of para-hydroxylation sites is 3. The summed E-state index contributed by atoms with van der Waals surface area (Å²) in [5, 5.41) is 1.33. The molecular weight excluding hydrogens is 338 g/mol. The van der Waals surface area contributed by atoms with Crippen LogP contribution >= 0.6 is 0 Å². The second-order valence-electron chi connectivity index (χ2n) is 6.06. The van der Waals surface area contributed by atoms with Gasteiger partial charge < -0.3 is 4.74 Å². The number of amides is 1. The topological polar surface area (TPSA) is 63.4 Å². The van der Waals surface area contributed by atoms with Crippen LogP contribution in [0.4, 0.5) is 5.69 Å². The first-order valence-electron chi connectivity index (χ1n) is 8.57. The average molecular weight is 355 g/mol. The minimum Gasteiger partial charge on any atom is -0.497 e. The molecule has 1 unspecified atom stereocenters. The van der Waals surface area contributed by atoms with Crippen LogP contribution in [0.1, 0.15) is 17.2 Å². The summed E-state index contributed by atoms with van der Waals surface area (Å²) in [6.45, 7) is 0. The van der Waals surface area contributed by atoms with Crippen molar-refractivity contribution in [3.63, 3.8) is 0 Å². The van der Waals surface area contributed by atoms with Crippen LogP contribution < -0.4 is 15.5 Å². The van der Waals surface area contributed by atoms with Gasteiger partial charge in [-0.25, -0.2) is 4.99 Å². The third-order valence-electron chi connectivity index (χ3n) is 4.31. The van der Waals surface area contributed by atoms with Gasteiger partial charge in [0.15, 0.2) is 6.04 Å². The number of benzene rings is 3. The smallest absolute Gasteiger partial charge is 0.275 e. The van der Waals surface area contributed by atoms with E-state index in [0.717, 1.165) is 22.2 Å². The van der Waals surface area contributed by atoms with E-state index in [2.05, 4.69) is 15.0 Å². The zero-order valence-corrected chi connectivity index (χ0v) is 14.7. The maximum absolute atomic E-state index is 12.5. The molecule has 1 atom stereocenters. The molecule has 0 aromatic heterocycles. The van der Waals surface area contributed by atoms with Crippen molar-refractivity contribution in [1.29, 1.82) is 0 Å². The first-order valence-corrected chi connectivity index (χ1v) is 8.57. The Bertz CT molecular complexity index is 1130. The molecule has 3 aromatic carbocycles. The predicted molar refractivity (Wildman–Crippen MR) is 103 cm³/mol. The lowest BCUT2D eigenvalue weighted by Gasteiger charge is -2.14. The van der Waals surface area contributed by atoms with Crippen LogP contribution in [0.25, 0.3) is 0 Å². The highest BCUT2D eigenvalue weighted by molar-refractivity contribution is 5.88. The molecule has 0 saturated heterocycles.